The maximum atomic E-state index is 11.8. The molecule has 1 aromatic rings. The van der Waals surface area contributed by atoms with Crippen LogP contribution >= 0.6 is 0 Å². The van der Waals surface area contributed by atoms with Crippen molar-refractivity contribution in [1.82, 2.24) is 4.72 Å². The Morgan fingerprint density at radius 1 is 1.38 bits per heavy atom. The third-order valence-corrected chi connectivity index (χ3v) is 3.38. The number of nitrogens with zero attached hydrogens (tertiary/aromatic N) is 1. The molecule has 0 aliphatic carbocycles. The second kappa shape index (κ2) is 5.32. The molecule has 0 aliphatic heterocycles. The first kappa shape index (κ1) is 12.3. The molecule has 0 aliphatic rings. The first-order valence-electron chi connectivity index (χ1n) is 4.54. The lowest BCUT2D eigenvalue weighted by molar-refractivity contribution is 0.582. The first-order chi connectivity index (χ1) is 7.61. The van der Waals surface area contributed by atoms with Gasteiger partial charge in [-0.25, -0.2) is 13.1 Å². The highest BCUT2D eigenvalue weighted by atomic mass is 32.2. The van der Waals surface area contributed by atoms with Gasteiger partial charge < -0.3 is 0 Å². The number of benzene rings is 1. The molecule has 0 unspecified atom stereocenters. The third kappa shape index (κ3) is 2.83. The molecule has 0 amide bonds. The molecule has 16 heavy (non-hydrogen) atoms. The van der Waals surface area contributed by atoms with Crippen molar-refractivity contribution in [3.05, 3.63) is 29.8 Å². The minimum atomic E-state index is -3.64. The van der Waals surface area contributed by atoms with Gasteiger partial charge in [0.2, 0.25) is 10.0 Å². The zero-order chi connectivity index (χ0) is 12.0. The maximum absolute atomic E-state index is 11.8. The minimum absolute atomic E-state index is 0.0190. The molecule has 0 fully saturated rings. The number of nitriles is 1. The molecule has 1 aromatic carbocycles. The molecular formula is C11H10N2O2S. The lowest BCUT2D eigenvalue weighted by Gasteiger charge is -2.06. The Kier molecular flexibility index (Phi) is 4.07. The largest absolute Gasteiger partial charge is 0.241 e. The second-order valence-electron chi connectivity index (χ2n) is 2.96. The fourth-order valence-corrected chi connectivity index (χ4v) is 2.32. The normalized spacial score (nSPS) is 10.4. The molecular weight excluding hydrogens is 224 g/mol. The van der Waals surface area contributed by atoms with E-state index in [0.717, 1.165) is 0 Å². The Morgan fingerprint density at radius 2 is 2.06 bits per heavy atom. The van der Waals surface area contributed by atoms with E-state index in [1.54, 1.807) is 12.1 Å². The van der Waals surface area contributed by atoms with Crippen LogP contribution in [-0.2, 0) is 10.0 Å². The summed E-state index contributed by atoms with van der Waals surface area (Å²) in [7, 11) is -3.64. The third-order valence-electron chi connectivity index (χ3n) is 1.86. The Balaban J connectivity index is 3.00. The van der Waals surface area contributed by atoms with E-state index in [1.165, 1.54) is 12.1 Å². The Bertz CT molecular complexity index is 550. The molecule has 0 radical (unpaired) electrons. The molecule has 0 saturated carbocycles. The van der Waals surface area contributed by atoms with Gasteiger partial charge in [0.1, 0.15) is 6.07 Å². The smallest absolute Gasteiger partial charge is 0.210 e. The number of sulfonamides is 1. The van der Waals surface area contributed by atoms with Crippen LogP contribution in [0.15, 0.2) is 29.2 Å². The Hall–Kier alpha value is -1.82. The van der Waals surface area contributed by atoms with Crippen molar-refractivity contribution >= 4 is 10.0 Å². The second-order valence-corrected chi connectivity index (χ2v) is 4.70. The molecule has 0 bridgehead atoms. The van der Waals surface area contributed by atoms with Crippen molar-refractivity contribution < 1.29 is 8.42 Å². The summed E-state index contributed by atoms with van der Waals surface area (Å²) in [5.41, 5.74) is 0.121. The van der Waals surface area contributed by atoms with Gasteiger partial charge in [0, 0.05) is 13.0 Å². The zero-order valence-corrected chi connectivity index (χ0v) is 9.29. The molecule has 82 valence electrons. The van der Waals surface area contributed by atoms with Crippen LogP contribution < -0.4 is 4.72 Å². The standard InChI is InChI=1S/C11H10N2O2S/c1-2-3-8-13-16(14,15)11-7-5-4-6-10(11)9-12/h1,4-7,13H,3,8H2. The van der Waals surface area contributed by atoms with E-state index in [9.17, 15) is 8.42 Å². The van der Waals surface area contributed by atoms with E-state index in [-0.39, 0.29) is 17.0 Å². The summed E-state index contributed by atoms with van der Waals surface area (Å²) in [5.74, 6) is 2.33. The predicted molar refractivity (Wildman–Crippen MR) is 59.8 cm³/mol. The lowest BCUT2D eigenvalue weighted by atomic mass is 10.2. The monoisotopic (exact) mass is 234 g/mol. The van der Waals surface area contributed by atoms with Crippen molar-refractivity contribution in [2.24, 2.45) is 0 Å². The summed E-state index contributed by atoms with van der Waals surface area (Å²) in [4.78, 5) is -0.0190. The average molecular weight is 234 g/mol. The summed E-state index contributed by atoms with van der Waals surface area (Å²) in [6, 6.07) is 7.85. The quantitative estimate of drug-likeness (QED) is 0.620. The van der Waals surface area contributed by atoms with Gasteiger partial charge in [0.05, 0.1) is 10.5 Å². The molecule has 1 N–H and O–H groups in total. The molecule has 4 nitrogen and oxygen atoms in total. The molecule has 1 rings (SSSR count). The van der Waals surface area contributed by atoms with Crippen LogP contribution in [0.3, 0.4) is 0 Å². The Morgan fingerprint density at radius 3 is 2.69 bits per heavy atom. The van der Waals surface area contributed by atoms with Crippen LogP contribution in [-0.4, -0.2) is 15.0 Å². The van der Waals surface area contributed by atoms with Crippen molar-refractivity contribution in [2.45, 2.75) is 11.3 Å². The van der Waals surface area contributed by atoms with Gasteiger partial charge in [0.15, 0.2) is 0 Å². The Labute approximate surface area is 95.0 Å². The van der Waals surface area contributed by atoms with E-state index >= 15 is 0 Å². The number of terminal acetylenes is 1. The number of hydrogen-bond donors (Lipinski definition) is 1. The van der Waals surface area contributed by atoms with Crippen molar-refractivity contribution in [2.75, 3.05) is 6.54 Å². The van der Waals surface area contributed by atoms with Crippen LogP contribution in [0.1, 0.15) is 12.0 Å². The van der Waals surface area contributed by atoms with E-state index in [0.29, 0.717) is 6.42 Å². The minimum Gasteiger partial charge on any atom is -0.210 e. The van der Waals surface area contributed by atoms with E-state index < -0.39 is 10.0 Å². The fourth-order valence-electron chi connectivity index (χ4n) is 1.13. The molecule has 5 heteroatoms. The van der Waals surface area contributed by atoms with Crippen molar-refractivity contribution in [1.29, 1.82) is 5.26 Å². The van der Waals surface area contributed by atoms with Crippen LogP contribution in [0.25, 0.3) is 0 Å². The van der Waals surface area contributed by atoms with Gasteiger partial charge in [-0.15, -0.1) is 12.3 Å². The van der Waals surface area contributed by atoms with Gasteiger partial charge >= 0.3 is 0 Å². The number of hydrogen-bond acceptors (Lipinski definition) is 3. The van der Waals surface area contributed by atoms with E-state index in [2.05, 4.69) is 10.6 Å². The summed E-state index contributed by atoms with van der Waals surface area (Å²) in [6.07, 6.45) is 5.33. The topological polar surface area (TPSA) is 70.0 Å². The predicted octanol–water partition coefficient (Wildman–Crippen LogP) is 0.860. The summed E-state index contributed by atoms with van der Waals surface area (Å²) in [6.45, 7) is 0.165. The highest BCUT2D eigenvalue weighted by Gasteiger charge is 2.16. The number of rotatable bonds is 4. The van der Waals surface area contributed by atoms with Crippen LogP contribution in [0, 0.1) is 23.7 Å². The van der Waals surface area contributed by atoms with Gasteiger partial charge in [-0.2, -0.15) is 5.26 Å². The molecule has 0 saturated heterocycles. The van der Waals surface area contributed by atoms with Gasteiger partial charge in [-0.05, 0) is 12.1 Å². The fraction of sp³-hybridized carbons (Fsp3) is 0.182. The SMILES string of the molecule is C#CCCNS(=O)(=O)c1ccccc1C#N. The highest BCUT2D eigenvalue weighted by molar-refractivity contribution is 7.89. The van der Waals surface area contributed by atoms with Gasteiger partial charge in [-0.3, -0.25) is 0 Å². The van der Waals surface area contributed by atoms with Crippen molar-refractivity contribution in [3.63, 3.8) is 0 Å². The molecule has 0 aromatic heterocycles. The lowest BCUT2D eigenvalue weighted by Crippen LogP contribution is -2.25. The molecule has 0 spiro atoms. The maximum Gasteiger partial charge on any atom is 0.241 e. The summed E-state index contributed by atoms with van der Waals surface area (Å²) < 4.78 is 25.8. The number of nitrogens with one attached hydrogen (secondary N) is 1. The van der Waals surface area contributed by atoms with E-state index in [4.69, 9.17) is 11.7 Å². The van der Waals surface area contributed by atoms with Crippen LogP contribution in [0.4, 0.5) is 0 Å². The zero-order valence-electron chi connectivity index (χ0n) is 8.47. The van der Waals surface area contributed by atoms with Crippen LogP contribution in [0.2, 0.25) is 0 Å². The van der Waals surface area contributed by atoms with E-state index in [1.807, 2.05) is 6.07 Å². The van der Waals surface area contributed by atoms with Crippen LogP contribution in [0.5, 0.6) is 0 Å². The highest BCUT2D eigenvalue weighted by Crippen LogP contribution is 2.13. The summed E-state index contributed by atoms with van der Waals surface area (Å²) >= 11 is 0. The average Bonchev–Trinajstić information content (AvgIpc) is 2.29. The van der Waals surface area contributed by atoms with Gasteiger partial charge in [-0.1, -0.05) is 12.1 Å². The van der Waals surface area contributed by atoms with Gasteiger partial charge in [0.25, 0.3) is 0 Å². The van der Waals surface area contributed by atoms with Crippen molar-refractivity contribution in [3.8, 4) is 18.4 Å². The molecule has 0 atom stereocenters. The summed E-state index contributed by atoms with van der Waals surface area (Å²) in [5, 5.41) is 8.78. The molecule has 0 heterocycles. The first-order valence-corrected chi connectivity index (χ1v) is 6.02.